The van der Waals surface area contributed by atoms with Gasteiger partial charge in [0.2, 0.25) is 11.8 Å². The largest absolute Gasteiger partial charge is 0.295 e. The molecular weight excluding hydrogens is 180 g/mol. The van der Waals surface area contributed by atoms with Crippen LogP contribution in [0.15, 0.2) is 0 Å². The van der Waals surface area contributed by atoms with Gasteiger partial charge in [-0.3, -0.25) is 20.2 Å². The zero-order valence-corrected chi connectivity index (χ0v) is 8.38. The van der Waals surface area contributed by atoms with E-state index in [-0.39, 0.29) is 23.9 Å². The Morgan fingerprint density at radius 1 is 1.21 bits per heavy atom. The van der Waals surface area contributed by atoms with E-state index < -0.39 is 0 Å². The third-order valence-electron chi connectivity index (χ3n) is 2.97. The first-order chi connectivity index (χ1) is 6.66. The summed E-state index contributed by atoms with van der Waals surface area (Å²) in [7, 11) is 0. The molecule has 1 saturated heterocycles. The molecule has 0 aromatic rings. The number of hydrogen-bond acceptors (Lipinski definition) is 3. The van der Waals surface area contributed by atoms with Crippen LogP contribution < -0.4 is 10.6 Å². The van der Waals surface area contributed by atoms with Crippen molar-refractivity contribution in [1.82, 2.24) is 10.6 Å². The molecule has 0 spiro atoms. The number of rotatable bonds is 3. The molecule has 78 valence electrons. The van der Waals surface area contributed by atoms with Crippen molar-refractivity contribution in [1.29, 1.82) is 0 Å². The lowest BCUT2D eigenvalue weighted by Gasteiger charge is -2.27. The zero-order chi connectivity index (χ0) is 10.1. The number of hydrogen-bond donors (Lipinski definition) is 2. The van der Waals surface area contributed by atoms with Gasteiger partial charge in [-0.15, -0.1) is 0 Å². The Hall–Kier alpha value is -0.900. The second kappa shape index (κ2) is 3.69. The van der Waals surface area contributed by atoms with Crippen LogP contribution in [0.5, 0.6) is 0 Å². The van der Waals surface area contributed by atoms with Crippen molar-refractivity contribution in [2.45, 2.75) is 44.7 Å². The Morgan fingerprint density at radius 2 is 1.93 bits per heavy atom. The first kappa shape index (κ1) is 9.65. The highest BCUT2D eigenvalue weighted by atomic mass is 16.2. The van der Waals surface area contributed by atoms with Crippen molar-refractivity contribution in [3.63, 3.8) is 0 Å². The van der Waals surface area contributed by atoms with Gasteiger partial charge in [-0.05, 0) is 25.7 Å². The molecule has 2 aliphatic rings. The smallest absolute Gasteiger partial charge is 0.243 e. The molecule has 14 heavy (non-hydrogen) atoms. The van der Waals surface area contributed by atoms with Gasteiger partial charge in [-0.1, -0.05) is 12.8 Å². The molecule has 1 saturated carbocycles. The first-order valence-corrected chi connectivity index (χ1v) is 5.27. The number of nitrogens with one attached hydrogen (secondary N) is 2. The van der Waals surface area contributed by atoms with Crippen LogP contribution >= 0.6 is 0 Å². The zero-order valence-electron chi connectivity index (χ0n) is 8.38. The van der Waals surface area contributed by atoms with Crippen molar-refractivity contribution in [2.75, 3.05) is 0 Å². The van der Waals surface area contributed by atoms with Crippen LogP contribution in [-0.4, -0.2) is 23.9 Å². The van der Waals surface area contributed by atoms with Gasteiger partial charge in [-0.25, -0.2) is 0 Å². The SMILES string of the molecule is CC1NC(CCC2CC2)C(=O)NC1=O. The molecule has 0 radical (unpaired) electrons. The second-order valence-electron chi connectivity index (χ2n) is 4.32. The highest BCUT2D eigenvalue weighted by Gasteiger charge is 2.32. The fourth-order valence-electron chi connectivity index (χ4n) is 1.79. The fourth-order valence-corrected chi connectivity index (χ4v) is 1.79. The summed E-state index contributed by atoms with van der Waals surface area (Å²) in [6.45, 7) is 1.78. The highest BCUT2D eigenvalue weighted by Crippen LogP contribution is 2.34. The van der Waals surface area contributed by atoms with Crippen molar-refractivity contribution < 1.29 is 9.59 Å². The minimum absolute atomic E-state index is 0.159. The minimum Gasteiger partial charge on any atom is -0.295 e. The highest BCUT2D eigenvalue weighted by molar-refractivity contribution is 6.02. The molecule has 2 atom stereocenters. The summed E-state index contributed by atoms with van der Waals surface area (Å²) in [5, 5.41) is 5.42. The van der Waals surface area contributed by atoms with Crippen LogP contribution in [0.2, 0.25) is 0 Å². The molecule has 0 bridgehead atoms. The van der Waals surface area contributed by atoms with Crippen molar-refractivity contribution in [3.05, 3.63) is 0 Å². The molecule has 2 N–H and O–H groups in total. The van der Waals surface area contributed by atoms with E-state index in [0.29, 0.717) is 0 Å². The van der Waals surface area contributed by atoms with Gasteiger partial charge < -0.3 is 0 Å². The van der Waals surface area contributed by atoms with E-state index in [1.165, 1.54) is 12.8 Å². The molecule has 2 rings (SSSR count). The monoisotopic (exact) mass is 196 g/mol. The van der Waals surface area contributed by atoms with Crippen LogP contribution in [0, 0.1) is 5.92 Å². The summed E-state index contributed by atoms with van der Waals surface area (Å²) in [6, 6.07) is -0.403. The lowest BCUT2D eigenvalue weighted by molar-refractivity contribution is -0.136. The lowest BCUT2D eigenvalue weighted by atomic mass is 10.0. The van der Waals surface area contributed by atoms with Crippen LogP contribution in [0.3, 0.4) is 0 Å². The minimum atomic E-state index is -0.239. The predicted octanol–water partition coefficient (Wildman–Crippen LogP) is 0.180. The van der Waals surface area contributed by atoms with E-state index >= 15 is 0 Å². The average Bonchev–Trinajstić information content (AvgIpc) is 2.92. The number of imide groups is 1. The number of amides is 2. The van der Waals surface area contributed by atoms with Crippen molar-refractivity contribution >= 4 is 11.8 Å². The molecule has 1 aliphatic heterocycles. The van der Waals surface area contributed by atoms with Crippen LogP contribution in [0.25, 0.3) is 0 Å². The second-order valence-corrected chi connectivity index (χ2v) is 4.32. The molecule has 1 heterocycles. The topological polar surface area (TPSA) is 58.2 Å². The van der Waals surface area contributed by atoms with Crippen LogP contribution in [0.1, 0.15) is 32.6 Å². The normalized spacial score (nSPS) is 32.9. The van der Waals surface area contributed by atoms with E-state index in [1.54, 1.807) is 6.92 Å². The summed E-state index contributed by atoms with van der Waals surface area (Å²) in [5.41, 5.74) is 0. The van der Waals surface area contributed by atoms with Crippen LogP contribution in [-0.2, 0) is 9.59 Å². The summed E-state index contributed by atoms with van der Waals surface area (Å²) >= 11 is 0. The summed E-state index contributed by atoms with van der Waals surface area (Å²) in [6.07, 6.45) is 4.58. The quantitative estimate of drug-likeness (QED) is 0.633. The van der Waals surface area contributed by atoms with Gasteiger partial charge in [0, 0.05) is 0 Å². The number of piperazine rings is 1. The van der Waals surface area contributed by atoms with E-state index in [4.69, 9.17) is 0 Å². The number of carbonyl (C=O) groups is 2. The maximum Gasteiger partial charge on any atom is 0.243 e. The van der Waals surface area contributed by atoms with Gasteiger partial charge in [0.05, 0.1) is 12.1 Å². The average molecular weight is 196 g/mol. The third kappa shape index (κ3) is 2.12. The Labute approximate surface area is 83.4 Å². The predicted molar refractivity (Wildman–Crippen MR) is 51.5 cm³/mol. The fraction of sp³-hybridized carbons (Fsp3) is 0.800. The van der Waals surface area contributed by atoms with Gasteiger partial charge in [0.15, 0.2) is 0 Å². The molecule has 0 aromatic carbocycles. The lowest BCUT2D eigenvalue weighted by Crippen LogP contribution is -2.60. The van der Waals surface area contributed by atoms with E-state index in [2.05, 4.69) is 10.6 Å². The van der Waals surface area contributed by atoms with Crippen molar-refractivity contribution in [2.24, 2.45) is 5.92 Å². The molecule has 4 heteroatoms. The Morgan fingerprint density at radius 3 is 2.57 bits per heavy atom. The van der Waals surface area contributed by atoms with E-state index in [0.717, 1.165) is 18.8 Å². The van der Waals surface area contributed by atoms with Crippen molar-refractivity contribution in [3.8, 4) is 0 Å². The Kier molecular flexibility index (Phi) is 2.54. The van der Waals surface area contributed by atoms with E-state index in [9.17, 15) is 9.59 Å². The third-order valence-corrected chi connectivity index (χ3v) is 2.97. The van der Waals surface area contributed by atoms with Crippen LogP contribution in [0.4, 0.5) is 0 Å². The summed E-state index contributed by atoms with van der Waals surface area (Å²) in [4.78, 5) is 22.5. The molecular formula is C10H16N2O2. The Bertz CT molecular complexity index is 261. The molecule has 2 fully saturated rings. The molecule has 2 unspecified atom stereocenters. The molecule has 2 amide bonds. The first-order valence-electron chi connectivity index (χ1n) is 5.27. The summed E-state index contributed by atoms with van der Waals surface area (Å²) < 4.78 is 0. The van der Waals surface area contributed by atoms with Gasteiger partial charge in [0.25, 0.3) is 0 Å². The maximum absolute atomic E-state index is 11.4. The molecule has 0 aromatic heterocycles. The number of carbonyl (C=O) groups excluding carboxylic acids is 2. The molecule has 1 aliphatic carbocycles. The van der Waals surface area contributed by atoms with Gasteiger partial charge in [0.1, 0.15) is 0 Å². The maximum atomic E-state index is 11.4. The standard InChI is InChI=1S/C10H16N2O2/c1-6-9(13)12-10(14)8(11-6)5-4-7-2-3-7/h6-8,11H,2-5H2,1H3,(H,12,13,14). The summed E-state index contributed by atoms with van der Waals surface area (Å²) in [5.74, 6) is 0.462. The van der Waals surface area contributed by atoms with Gasteiger partial charge >= 0.3 is 0 Å². The molecule has 4 nitrogen and oxygen atoms in total. The van der Waals surface area contributed by atoms with Gasteiger partial charge in [-0.2, -0.15) is 0 Å². The van der Waals surface area contributed by atoms with E-state index in [1.807, 2.05) is 0 Å². The Balaban J connectivity index is 1.83.